The summed E-state index contributed by atoms with van der Waals surface area (Å²) in [7, 11) is 1.35. The molecule has 0 saturated carbocycles. The summed E-state index contributed by atoms with van der Waals surface area (Å²) in [5, 5.41) is 53.9. The smallest absolute Gasteiger partial charge is 0.202 e. The van der Waals surface area contributed by atoms with Crippen LogP contribution in [0.15, 0.2) is 18.2 Å². The first-order valence-electron chi connectivity index (χ1n) is 12.5. The zero-order valence-electron chi connectivity index (χ0n) is 21.4. The van der Waals surface area contributed by atoms with Crippen LogP contribution in [0.5, 0.6) is 17.2 Å². The van der Waals surface area contributed by atoms with E-state index in [0.29, 0.717) is 0 Å². The van der Waals surface area contributed by atoms with Gasteiger partial charge >= 0.3 is 0 Å². The number of benzene rings is 2. The van der Waals surface area contributed by atoms with Gasteiger partial charge in [0.25, 0.3) is 0 Å². The number of phenolic OH excluding ortho intramolecular Hbond substituents is 2. The van der Waals surface area contributed by atoms with Gasteiger partial charge in [-0.1, -0.05) is 12.1 Å². The van der Waals surface area contributed by atoms with Crippen LogP contribution >= 0.6 is 12.4 Å². The molecule has 1 fully saturated rings. The molecule has 11 nitrogen and oxygen atoms in total. The summed E-state index contributed by atoms with van der Waals surface area (Å²) in [6.07, 6.45) is -3.89. The van der Waals surface area contributed by atoms with E-state index in [1.165, 1.54) is 19.2 Å². The van der Waals surface area contributed by atoms with E-state index in [1.807, 2.05) is 0 Å². The number of rotatable bonds is 5. The Morgan fingerprint density at radius 1 is 1.13 bits per heavy atom. The molecule has 1 aliphatic heterocycles. The van der Waals surface area contributed by atoms with Crippen LogP contribution in [0, 0.1) is 0 Å². The van der Waals surface area contributed by atoms with Crippen molar-refractivity contribution in [3.05, 3.63) is 51.6 Å². The minimum Gasteiger partial charge on any atom is -0.507 e. The van der Waals surface area contributed by atoms with E-state index in [-0.39, 0.29) is 83.8 Å². The predicted octanol–water partition coefficient (Wildman–Crippen LogP) is 1.24. The fourth-order valence-electron chi connectivity index (χ4n) is 5.86. The largest absolute Gasteiger partial charge is 0.507 e. The zero-order valence-corrected chi connectivity index (χ0v) is 22.2. The van der Waals surface area contributed by atoms with Crippen LogP contribution in [-0.2, 0) is 15.9 Å². The van der Waals surface area contributed by atoms with Crippen molar-refractivity contribution in [3.8, 4) is 17.2 Å². The van der Waals surface area contributed by atoms with Gasteiger partial charge in [-0.15, -0.1) is 12.4 Å². The molecule has 1 saturated heterocycles. The van der Waals surface area contributed by atoms with Gasteiger partial charge in [0, 0.05) is 48.6 Å². The maximum Gasteiger partial charge on any atom is 0.202 e. The lowest BCUT2D eigenvalue weighted by molar-refractivity contribution is -0.248. The number of halogens is 1. The summed E-state index contributed by atoms with van der Waals surface area (Å²) in [5.74, 6) is -2.33. The number of carbonyl (C=O) groups is 2. The molecule has 39 heavy (non-hydrogen) atoms. The van der Waals surface area contributed by atoms with E-state index >= 15 is 0 Å². The number of aliphatic hydroxyl groups is 3. The molecular weight excluding hydrogens is 534 g/mol. The number of methoxy groups -OCH3 is 1. The monoisotopic (exact) mass is 565 g/mol. The van der Waals surface area contributed by atoms with Crippen molar-refractivity contribution in [2.75, 3.05) is 13.7 Å². The molecule has 3 aliphatic rings. The van der Waals surface area contributed by atoms with E-state index in [0.717, 1.165) is 0 Å². The van der Waals surface area contributed by atoms with Gasteiger partial charge in [0.15, 0.2) is 12.1 Å². The van der Waals surface area contributed by atoms with Crippen molar-refractivity contribution in [3.63, 3.8) is 0 Å². The number of carbonyl (C=O) groups excluding carboxylic acids is 2. The molecule has 0 aromatic heterocycles. The highest BCUT2D eigenvalue weighted by atomic mass is 35.5. The quantitative estimate of drug-likeness (QED) is 0.244. The average Bonchev–Trinajstić information content (AvgIpc) is 2.87. The van der Waals surface area contributed by atoms with E-state index in [1.54, 1.807) is 13.0 Å². The van der Waals surface area contributed by atoms with Crippen LogP contribution in [-0.4, -0.2) is 81.0 Å². The van der Waals surface area contributed by atoms with Crippen molar-refractivity contribution >= 4 is 24.0 Å². The highest BCUT2D eigenvalue weighted by molar-refractivity contribution is 6.31. The summed E-state index contributed by atoms with van der Waals surface area (Å²) in [6, 6.07) is 3.84. The molecular formula is C27H32ClNO10. The summed E-state index contributed by atoms with van der Waals surface area (Å²) < 4.78 is 17.2. The second-order valence-corrected chi connectivity index (χ2v) is 10.2. The molecule has 4 unspecified atom stereocenters. The second-order valence-electron chi connectivity index (χ2n) is 10.2. The van der Waals surface area contributed by atoms with Gasteiger partial charge < -0.3 is 45.5 Å². The number of ketones is 2. The number of phenols is 2. The highest BCUT2D eigenvalue weighted by Gasteiger charge is 2.47. The molecule has 12 heteroatoms. The normalized spacial score (nSPS) is 29.6. The number of nitrogens with two attached hydrogens (primary N) is 1. The lowest BCUT2D eigenvalue weighted by Crippen LogP contribution is -2.52. The lowest BCUT2D eigenvalue weighted by atomic mass is 9.72. The molecule has 7 N–H and O–H groups in total. The van der Waals surface area contributed by atoms with E-state index in [2.05, 4.69) is 0 Å². The Hall–Kier alpha value is -2.77. The maximum atomic E-state index is 13.6. The number of hydrogen-bond acceptors (Lipinski definition) is 11. The van der Waals surface area contributed by atoms with Crippen LogP contribution in [0.3, 0.4) is 0 Å². The second kappa shape index (κ2) is 10.7. The minimum absolute atomic E-state index is 0. The van der Waals surface area contributed by atoms with Gasteiger partial charge in [-0.2, -0.15) is 0 Å². The van der Waals surface area contributed by atoms with Crippen molar-refractivity contribution in [1.29, 1.82) is 0 Å². The summed E-state index contributed by atoms with van der Waals surface area (Å²) in [4.78, 5) is 27.1. The van der Waals surface area contributed by atoms with Crippen molar-refractivity contribution in [1.82, 2.24) is 0 Å². The van der Waals surface area contributed by atoms with Crippen LogP contribution in [0.4, 0.5) is 0 Å². The Bertz CT molecular complexity index is 1300. The molecule has 0 amide bonds. The van der Waals surface area contributed by atoms with Gasteiger partial charge in [-0.25, -0.2) is 0 Å². The Morgan fingerprint density at radius 3 is 2.46 bits per heavy atom. The summed E-state index contributed by atoms with van der Waals surface area (Å²) >= 11 is 0. The predicted molar refractivity (Wildman–Crippen MR) is 139 cm³/mol. The van der Waals surface area contributed by atoms with Crippen LogP contribution < -0.4 is 10.5 Å². The third kappa shape index (κ3) is 4.67. The van der Waals surface area contributed by atoms with E-state index in [4.69, 9.17) is 19.9 Å². The molecule has 212 valence electrons. The Labute approximate surface area is 230 Å². The SMILES string of the molecule is COc1cccc2c1C(=O)c1c(O)c3c(c(O)c1C2=O)C[C@@](O)(CCO)C[C@@H]3OC1CC(N)C(O)C(C)O1.Cl. The highest BCUT2D eigenvalue weighted by Crippen LogP contribution is 2.52. The Kier molecular flexibility index (Phi) is 7.99. The third-order valence-electron chi connectivity index (χ3n) is 7.80. The first-order valence-corrected chi connectivity index (χ1v) is 12.5. The summed E-state index contributed by atoms with van der Waals surface area (Å²) in [6.45, 7) is 1.26. The van der Waals surface area contributed by atoms with Crippen LogP contribution in [0.2, 0.25) is 0 Å². The molecule has 0 bridgehead atoms. The fraction of sp³-hybridized carbons (Fsp3) is 0.481. The molecule has 0 spiro atoms. The standard InChI is InChI=1S/C27H31NO10.ClH/c1-11-22(30)14(28)8-17(37-11)38-16-10-27(35,6-7-29)9-13-19(16)26(34)21-20(24(13)32)23(31)12-4-3-5-15(36-2)18(12)25(21)33;/h3-5,11,14,16-17,22,29-30,32,34-35H,6-10,28H2,1-2H3;1H/t11?,14?,16-,17?,22?,27-;/m0./s1. The van der Waals surface area contributed by atoms with E-state index < -0.39 is 59.3 Å². The maximum absolute atomic E-state index is 13.6. The molecule has 2 aliphatic carbocycles. The van der Waals surface area contributed by atoms with Gasteiger partial charge in [0.1, 0.15) is 17.2 Å². The third-order valence-corrected chi connectivity index (χ3v) is 7.80. The Morgan fingerprint density at radius 2 is 1.82 bits per heavy atom. The zero-order chi connectivity index (χ0) is 27.5. The molecule has 1 heterocycles. The van der Waals surface area contributed by atoms with Crippen molar-refractivity contribution < 1.29 is 49.3 Å². The number of hydrogen-bond donors (Lipinski definition) is 6. The topological polar surface area (TPSA) is 189 Å². The van der Waals surface area contributed by atoms with Gasteiger partial charge in [0.2, 0.25) is 5.78 Å². The van der Waals surface area contributed by atoms with Crippen molar-refractivity contribution in [2.45, 2.75) is 68.9 Å². The molecule has 0 radical (unpaired) electrons. The van der Waals surface area contributed by atoms with Crippen LogP contribution in [0.25, 0.3) is 0 Å². The lowest BCUT2D eigenvalue weighted by Gasteiger charge is -2.42. The molecule has 5 rings (SSSR count). The molecule has 6 atom stereocenters. The van der Waals surface area contributed by atoms with Gasteiger partial charge in [0.05, 0.1) is 47.7 Å². The molecule has 2 aromatic rings. The number of fused-ring (bicyclic) bond motifs is 3. The minimum atomic E-state index is -1.56. The first-order chi connectivity index (χ1) is 18.0. The number of aliphatic hydroxyl groups excluding tert-OH is 2. The first kappa shape index (κ1) is 29.2. The van der Waals surface area contributed by atoms with Crippen molar-refractivity contribution in [2.24, 2.45) is 5.73 Å². The summed E-state index contributed by atoms with van der Waals surface area (Å²) in [5.41, 5.74) is 3.79. The number of aromatic hydroxyl groups is 2. The van der Waals surface area contributed by atoms with Crippen LogP contribution in [0.1, 0.15) is 75.3 Å². The number of ether oxygens (including phenoxy) is 3. The Balaban J connectivity index is 0.00000353. The van der Waals surface area contributed by atoms with Gasteiger partial charge in [-0.05, 0) is 19.4 Å². The fourth-order valence-corrected chi connectivity index (χ4v) is 5.86. The van der Waals surface area contributed by atoms with E-state index in [9.17, 15) is 35.1 Å². The van der Waals surface area contributed by atoms with Gasteiger partial charge in [-0.3, -0.25) is 9.59 Å². The molecule has 2 aromatic carbocycles. The average molecular weight is 566 g/mol.